The van der Waals surface area contributed by atoms with E-state index in [4.69, 9.17) is 11.6 Å². The average molecular weight is 386 g/mol. The minimum Gasteiger partial charge on any atom is -0.326 e. The SMILES string of the molecule is CC(=O)Nc1ccc(NC(=O)C2CCCN(Cc3ccccc3Cl)C2)cc1. The van der Waals surface area contributed by atoms with Gasteiger partial charge in [0.2, 0.25) is 11.8 Å². The van der Waals surface area contributed by atoms with E-state index in [1.165, 1.54) is 6.92 Å². The van der Waals surface area contributed by atoms with Gasteiger partial charge in [-0.1, -0.05) is 29.8 Å². The minimum absolute atomic E-state index is 0.0335. The lowest BCUT2D eigenvalue weighted by atomic mass is 9.96. The monoisotopic (exact) mass is 385 g/mol. The van der Waals surface area contributed by atoms with Crippen molar-refractivity contribution in [1.82, 2.24) is 4.90 Å². The van der Waals surface area contributed by atoms with E-state index in [-0.39, 0.29) is 17.7 Å². The molecule has 2 N–H and O–H groups in total. The summed E-state index contributed by atoms with van der Waals surface area (Å²) >= 11 is 6.26. The lowest BCUT2D eigenvalue weighted by molar-refractivity contribution is -0.121. The molecule has 2 aromatic carbocycles. The van der Waals surface area contributed by atoms with Crippen LogP contribution in [0.2, 0.25) is 5.02 Å². The van der Waals surface area contributed by atoms with Gasteiger partial charge in [-0.25, -0.2) is 0 Å². The third-order valence-electron chi connectivity index (χ3n) is 4.70. The molecule has 6 heteroatoms. The molecule has 2 aromatic rings. The van der Waals surface area contributed by atoms with Crippen molar-refractivity contribution in [2.45, 2.75) is 26.3 Å². The first kappa shape index (κ1) is 19.4. The zero-order valence-electron chi connectivity index (χ0n) is 15.4. The molecule has 5 nitrogen and oxygen atoms in total. The van der Waals surface area contributed by atoms with Gasteiger partial charge in [0.05, 0.1) is 5.92 Å². The van der Waals surface area contributed by atoms with E-state index in [0.717, 1.165) is 48.7 Å². The molecule has 1 saturated heterocycles. The molecule has 27 heavy (non-hydrogen) atoms. The van der Waals surface area contributed by atoms with Crippen LogP contribution in [0.3, 0.4) is 0 Å². The second-order valence-corrected chi connectivity index (χ2v) is 7.32. The van der Waals surface area contributed by atoms with Gasteiger partial charge in [-0.2, -0.15) is 0 Å². The van der Waals surface area contributed by atoms with E-state index in [1.54, 1.807) is 24.3 Å². The molecule has 1 aliphatic heterocycles. The van der Waals surface area contributed by atoms with E-state index < -0.39 is 0 Å². The molecule has 1 unspecified atom stereocenters. The molecule has 3 rings (SSSR count). The van der Waals surface area contributed by atoms with Crippen molar-refractivity contribution >= 4 is 34.8 Å². The Morgan fingerprint density at radius 2 is 1.74 bits per heavy atom. The normalized spacial score (nSPS) is 17.3. The number of likely N-dealkylation sites (tertiary alicyclic amines) is 1. The third kappa shape index (κ3) is 5.55. The molecule has 0 saturated carbocycles. The van der Waals surface area contributed by atoms with Crippen LogP contribution in [0.4, 0.5) is 11.4 Å². The maximum atomic E-state index is 12.7. The van der Waals surface area contributed by atoms with E-state index in [0.29, 0.717) is 5.69 Å². The molecule has 1 atom stereocenters. The van der Waals surface area contributed by atoms with E-state index >= 15 is 0 Å². The number of hydrogen-bond donors (Lipinski definition) is 2. The first-order valence-electron chi connectivity index (χ1n) is 9.15. The summed E-state index contributed by atoms with van der Waals surface area (Å²) in [5, 5.41) is 6.46. The van der Waals surface area contributed by atoms with Crippen molar-refractivity contribution in [3.8, 4) is 0 Å². The fourth-order valence-electron chi connectivity index (χ4n) is 3.37. The van der Waals surface area contributed by atoms with Crippen molar-refractivity contribution in [3.05, 3.63) is 59.1 Å². The molecular formula is C21H24ClN3O2. The fraction of sp³-hybridized carbons (Fsp3) is 0.333. The van der Waals surface area contributed by atoms with Crippen LogP contribution in [-0.4, -0.2) is 29.8 Å². The maximum absolute atomic E-state index is 12.7. The van der Waals surface area contributed by atoms with Gasteiger partial charge in [0.15, 0.2) is 0 Å². The van der Waals surface area contributed by atoms with E-state index in [1.807, 2.05) is 24.3 Å². The first-order valence-corrected chi connectivity index (χ1v) is 9.53. The number of carbonyl (C=O) groups is 2. The van der Waals surface area contributed by atoms with Crippen molar-refractivity contribution < 1.29 is 9.59 Å². The molecule has 0 aromatic heterocycles. The van der Waals surface area contributed by atoms with Crippen LogP contribution in [0.15, 0.2) is 48.5 Å². The summed E-state index contributed by atoms with van der Waals surface area (Å²) in [5.41, 5.74) is 2.54. The summed E-state index contributed by atoms with van der Waals surface area (Å²) in [4.78, 5) is 26.0. The van der Waals surface area contributed by atoms with Crippen molar-refractivity contribution in [2.75, 3.05) is 23.7 Å². The third-order valence-corrected chi connectivity index (χ3v) is 5.07. The van der Waals surface area contributed by atoms with Crippen LogP contribution in [0.1, 0.15) is 25.3 Å². The number of halogens is 1. The average Bonchev–Trinajstić information content (AvgIpc) is 2.65. The molecule has 1 heterocycles. The number of amides is 2. The largest absolute Gasteiger partial charge is 0.326 e. The molecule has 142 valence electrons. The fourth-order valence-corrected chi connectivity index (χ4v) is 3.56. The summed E-state index contributed by atoms with van der Waals surface area (Å²) in [6.07, 6.45) is 1.87. The highest BCUT2D eigenvalue weighted by Gasteiger charge is 2.26. The molecule has 0 bridgehead atoms. The zero-order chi connectivity index (χ0) is 19.2. The van der Waals surface area contributed by atoms with Gasteiger partial charge in [0.25, 0.3) is 0 Å². The van der Waals surface area contributed by atoms with Crippen molar-refractivity contribution in [1.29, 1.82) is 0 Å². The summed E-state index contributed by atoms with van der Waals surface area (Å²) < 4.78 is 0. The van der Waals surface area contributed by atoms with Crippen LogP contribution in [0.25, 0.3) is 0 Å². The summed E-state index contributed by atoms with van der Waals surface area (Å²) in [6, 6.07) is 15.0. The number of piperidine rings is 1. The predicted octanol–water partition coefficient (Wildman–Crippen LogP) is 4.15. The number of rotatable bonds is 5. The Kier molecular flexibility index (Phi) is 6.48. The lowest BCUT2D eigenvalue weighted by Gasteiger charge is -2.32. The lowest BCUT2D eigenvalue weighted by Crippen LogP contribution is -2.40. The van der Waals surface area contributed by atoms with Gasteiger partial charge < -0.3 is 10.6 Å². The Bertz CT molecular complexity index is 807. The zero-order valence-corrected chi connectivity index (χ0v) is 16.1. The highest BCUT2D eigenvalue weighted by atomic mass is 35.5. The van der Waals surface area contributed by atoms with Crippen LogP contribution in [0, 0.1) is 5.92 Å². The van der Waals surface area contributed by atoms with Gasteiger partial charge in [-0.15, -0.1) is 0 Å². The molecule has 1 fully saturated rings. The Balaban J connectivity index is 1.56. The molecule has 0 aliphatic carbocycles. The Morgan fingerprint density at radius 3 is 2.41 bits per heavy atom. The Hall–Kier alpha value is -2.37. The quantitative estimate of drug-likeness (QED) is 0.812. The summed E-state index contributed by atoms with van der Waals surface area (Å²) in [7, 11) is 0. The molecule has 0 radical (unpaired) electrons. The van der Waals surface area contributed by atoms with E-state index in [9.17, 15) is 9.59 Å². The number of hydrogen-bond acceptors (Lipinski definition) is 3. The van der Waals surface area contributed by atoms with Crippen molar-refractivity contribution in [3.63, 3.8) is 0 Å². The van der Waals surface area contributed by atoms with E-state index in [2.05, 4.69) is 15.5 Å². The smallest absolute Gasteiger partial charge is 0.228 e. The number of nitrogens with zero attached hydrogens (tertiary/aromatic N) is 1. The molecule has 2 amide bonds. The Labute approximate surface area is 164 Å². The summed E-state index contributed by atoms with van der Waals surface area (Å²) in [6.45, 7) is 3.92. The van der Waals surface area contributed by atoms with Crippen LogP contribution in [0.5, 0.6) is 0 Å². The topological polar surface area (TPSA) is 61.4 Å². The van der Waals surface area contributed by atoms with Crippen LogP contribution < -0.4 is 10.6 Å². The second kappa shape index (κ2) is 9.02. The Morgan fingerprint density at radius 1 is 1.07 bits per heavy atom. The standard InChI is InChI=1S/C21H24ClN3O2/c1-15(26)23-18-8-10-19(11-9-18)24-21(27)17-6-4-12-25(14-17)13-16-5-2-3-7-20(16)22/h2-3,5,7-11,17H,4,6,12-14H2,1H3,(H,23,26)(H,24,27). The van der Waals surface area contributed by atoms with Crippen LogP contribution >= 0.6 is 11.6 Å². The van der Waals surface area contributed by atoms with Gasteiger partial charge in [-0.05, 0) is 55.3 Å². The summed E-state index contributed by atoms with van der Waals surface area (Å²) in [5.74, 6) is -0.130. The van der Waals surface area contributed by atoms with Crippen molar-refractivity contribution in [2.24, 2.45) is 5.92 Å². The first-order chi connectivity index (χ1) is 13.0. The number of carbonyl (C=O) groups excluding carboxylic acids is 2. The number of anilines is 2. The van der Waals surface area contributed by atoms with Gasteiger partial charge in [0, 0.05) is 36.4 Å². The number of nitrogens with one attached hydrogen (secondary N) is 2. The molecule has 0 spiro atoms. The molecule has 1 aliphatic rings. The van der Waals surface area contributed by atoms with Gasteiger partial charge in [0.1, 0.15) is 0 Å². The highest BCUT2D eigenvalue weighted by Crippen LogP contribution is 2.23. The highest BCUT2D eigenvalue weighted by molar-refractivity contribution is 6.31. The maximum Gasteiger partial charge on any atom is 0.228 e. The molecular weight excluding hydrogens is 362 g/mol. The van der Waals surface area contributed by atoms with Gasteiger partial charge in [-0.3, -0.25) is 14.5 Å². The second-order valence-electron chi connectivity index (χ2n) is 6.91. The van der Waals surface area contributed by atoms with Crippen LogP contribution in [-0.2, 0) is 16.1 Å². The predicted molar refractivity (Wildman–Crippen MR) is 109 cm³/mol. The minimum atomic E-state index is -0.118. The number of benzene rings is 2. The van der Waals surface area contributed by atoms with Gasteiger partial charge >= 0.3 is 0 Å².